The van der Waals surface area contributed by atoms with Gasteiger partial charge in [-0.05, 0) is 6.92 Å². The van der Waals surface area contributed by atoms with E-state index in [4.69, 9.17) is 37.7 Å². The van der Waals surface area contributed by atoms with Gasteiger partial charge in [-0.25, -0.2) is 4.18 Å². The fraction of sp³-hybridized carbons (Fsp3) is 1.00. The van der Waals surface area contributed by atoms with Crippen molar-refractivity contribution in [3.63, 3.8) is 0 Å². The fourth-order valence-electron chi connectivity index (χ4n) is 5.58. The third kappa shape index (κ3) is 8.91. The zero-order valence-electron chi connectivity index (χ0n) is 24.7. The lowest BCUT2D eigenvalue weighted by Crippen LogP contribution is -2.65. The Kier molecular flexibility index (Phi) is 13.3. The third-order valence-electron chi connectivity index (χ3n) is 8.26. The second-order valence-corrected chi connectivity index (χ2v) is 12.6. The van der Waals surface area contributed by atoms with Crippen molar-refractivity contribution in [2.75, 3.05) is 19.8 Å². The summed E-state index contributed by atoms with van der Waals surface area (Å²) in [5.74, 6) is 0. The highest BCUT2D eigenvalue weighted by atomic mass is 32.3. The number of aliphatic hydroxyl groups is 11. The zero-order valence-corrected chi connectivity index (χ0v) is 25.5. The van der Waals surface area contributed by atoms with E-state index >= 15 is 0 Å². The first-order valence-corrected chi connectivity index (χ1v) is 15.9. The lowest BCUT2D eigenvalue weighted by molar-refractivity contribution is -0.376. The number of rotatable bonds is 11. The lowest BCUT2D eigenvalue weighted by Gasteiger charge is -2.47. The Morgan fingerprint density at radius 2 is 1.15 bits per heavy atom. The largest absolute Gasteiger partial charge is 0.397 e. The van der Waals surface area contributed by atoms with Gasteiger partial charge in [0.2, 0.25) is 0 Å². The summed E-state index contributed by atoms with van der Waals surface area (Å²) < 4.78 is 73.1. The van der Waals surface area contributed by atoms with E-state index in [0.29, 0.717) is 0 Å². The van der Waals surface area contributed by atoms with Crippen molar-refractivity contribution in [2.24, 2.45) is 0 Å². The highest BCUT2D eigenvalue weighted by Gasteiger charge is 2.53. The molecule has 4 aliphatic heterocycles. The van der Waals surface area contributed by atoms with E-state index in [2.05, 4.69) is 4.18 Å². The molecule has 276 valence electrons. The lowest BCUT2D eigenvalue weighted by atomic mass is 9.96. The minimum absolute atomic E-state index is 0.276. The maximum Gasteiger partial charge on any atom is 0.397 e. The SMILES string of the molecule is C[C@@H]1O[C@@H](O[C@H]2[C@@H](O)[C@@H](CO)OC(O)[C@@H]2O)[C@H](O)C[C@H]1O[C@@H]1O[C@H](CO)[C@H](O)[C@H](O[C@@H]2O[C@@H](COS(=O)(=O)O)[C@@H](O)[C@@H](O)[C@@H]2O)[C@H]1O. The summed E-state index contributed by atoms with van der Waals surface area (Å²) in [6, 6.07) is 0. The average molecular weight is 715 g/mol. The van der Waals surface area contributed by atoms with Gasteiger partial charge in [-0.2, -0.15) is 8.42 Å². The molecule has 0 aromatic rings. The Labute approximate surface area is 267 Å². The molecule has 4 saturated heterocycles. The van der Waals surface area contributed by atoms with Crippen molar-refractivity contribution >= 4 is 10.4 Å². The van der Waals surface area contributed by atoms with Gasteiger partial charge in [0.1, 0.15) is 79.4 Å². The maximum atomic E-state index is 11.1. The predicted molar refractivity (Wildman–Crippen MR) is 141 cm³/mol. The van der Waals surface area contributed by atoms with Crippen LogP contribution in [0.2, 0.25) is 0 Å². The minimum atomic E-state index is -5.00. The molecule has 4 fully saturated rings. The maximum absolute atomic E-state index is 11.1. The van der Waals surface area contributed by atoms with Crippen LogP contribution in [0.3, 0.4) is 0 Å². The number of hydrogen-bond acceptors (Lipinski definition) is 21. The van der Waals surface area contributed by atoms with Gasteiger partial charge in [0.25, 0.3) is 0 Å². The quantitative estimate of drug-likeness (QED) is 0.0884. The molecule has 23 heteroatoms. The molecule has 0 aliphatic carbocycles. The molecule has 4 heterocycles. The van der Waals surface area contributed by atoms with Crippen molar-refractivity contribution < 1.29 is 106 Å². The van der Waals surface area contributed by atoms with Gasteiger partial charge in [0, 0.05) is 6.42 Å². The van der Waals surface area contributed by atoms with Crippen LogP contribution in [-0.2, 0) is 47.7 Å². The van der Waals surface area contributed by atoms with Crippen LogP contribution in [0.5, 0.6) is 0 Å². The van der Waals surface area contributed by atoms with Gasteiger partial charge >= 0.3 is 10.4 Å². The van der Waals surface area contributed by atoms with Crippen molar-refractivity contribution in [3.05, 3.63) is 0 Å². The first-order valence-electron chi connectivity index (χ1n) is 14.5. The number of aliphatic hydroxyl groups excluding tert-OH is 11. The van der Waals surface area contributed by atoms with E-state index in [1.165, 1.54) is 6.92 Å². The summed E-state index contributed by atoms with van der Waals surface area (Å²) in [6.45, 7) is -1.14. The molecule has 22 nitrogen and oxygen atoms in total. The van der Waals surface area contributed by atoms with Gasteiger partial charge in [0.15, 0.2) is 25.2 Å². The molecule has 0 saturated carbocycles. The molecule has 4 rings (SSSR count). The summed E-state index contributed by atoms with van der Waals surface area (Å²) in [4.78, 5) is 0. The highest BCUT2D eigenvalue weighted by Crippen LogP contribution is 2.34. The second kappa shape index (κ2) is 16.0. The Bertz CT molecular complexity index is 1100. The number of hydrogen-bond donors (Lipinski definition) is 12. The van der Waals surface area contributed by atoms with E-state index < -0.39 is 147 Å². The summed E-state index contributed by atoms with van der Waals surface area (Å²) in [5, 5.41) is 113. The van der Waals surface area contributed by atoms with Gasteiger partial charge in [-0.1, -0.05) is 0 Å². The topological polar surface area (TPSA) is 351 Å². The molecule has 4 aliphatic rings. The minimum Gasteiger partial charge on any atom is -0.394 e. The van der Waals surface area contributed by atoms with E-state index in [-0.39, 0.29) is 6.42 Å². The first-order chi connectivity index (χ1) is 22.0. The summed E-state index contributed by atoms with van der Waals surface area (Å²) >= 11 is 0. The molecule has 12 N–H and O–H groups in total. The Morgan fingerprint density at radius 1 is 0.617 bits per heavy atom. The van der Waals surface area contributed by atoms with Crippen molar-refractivity contribution in [2.45, 2.75) is 130 Å². The molecule has 0 amide bonds. The molecule has 19 atom stereocenters. The predicted octanol–water partition coefficient (Wildman–Crippen LogP) is -7.86. The van der Waals surface area contributed by atoms with Gasteiger partial charge in [0.05, 0.1) is 32.0 Å². The molecular formula is C24H42O22S. The van der Waals surface area contributed by atoms with Crippen LogP contribution in [0.4, 0.5) is 0 Å². The standard InChI is InChI=1S/C24H42O22S/c1-6-8(2-7(27)22(40-6)45-19-13(29)9(3-25)41-21(35)17(19)33)42-24-18(34)20(14(30)10(4-26)43-24)46-23-16(32)15(31)12(28)11(44-23)5-39-47(36,37)38/h6-35H,2-5H2,1H3,(H,36,37,38)/t6-,7+,8+,9+,10+,11-,12+,13-,14-,15+,16-,17+,18+,19-,20-,21?,22-,23-,24+/m0/s1. The van der Waals surface area contributed by atoms with Gasteiger partial charge in [-0.3, -0.25) is 4.55 Å². The van der Waals surface area contributed by atoms with Gasteiger partial charge < -0.3 is 89.3 Å². The van der Waals surface area contributed by atoms with Crippen LogP contribution in [-0.4, -0.2) is 206 Å². The zero-order chi connectivity index (χ0) is 35.0. The van der Waals surface area contributed by atoms with E-state index in [1.807, 2.05) is 0 Å². The smallest absolute Gasteiger partial charge is 0.394 e. The van der Waals surface area contributed by atoms with Crippen LogP contribution < -0.4 is 0 Å². The molecule has 0 bridgehead atoms. The molecule has 0 aromatic heterocycles. The summed E-state index contributed by atoms with van der Waals surface area (Å²) in [6.07, 6.45) is -31.8. The van der Waals surface area contributed by atoms with E-state index in [9.17, 15) is 64.6 Å². The monoisotopic (exact) mass is 714 g/mol. The Morgan fingerprint density at radius 3 is 1.74 bits per heavy atom. The van der Waals surface area contributed by atoms with Crippen LogP contribution >= 0.6 is 0 Å². The fourth-order valence-corrected chi connectivity index (χ4v) is 5.88. The van der Waals surface area contributed by atoms with Crippen molar-refractivity contribution in [1.82, 2.24) is 0 Å². The molecule has 47 heavy (non-hydrogen) atoms. The van der Waals surface area contributed by atoms with E-state index in [0.717, 1.165) is 0 Å². The second-order valence-electron chi connectivity index (χ2n) is 11.6. The van der Waals surface area contributed by atoms with Crippen LogP contribution in [0, 0.1) is 0 Å². The first kappa shape index (κ1) is 38.9. The van der Waals surface area contributed by atoms with Crippen LogP contribution in [0.15, 0.2) is 0 Å². The molecule has 1 unspecified atom stereocenters. The van der Waals surface area contributed by atoms with Crippen LogP contribution in [0.25, 0.3) is 0 Å². The Balaban J connectivity index is 1.42. The molecular weight excluding hydrogens is 672 g/mol. The third-order valence-corrected chi connectivity index (χ3v) is 8.70. The normalized spacial score (nSPS) is 49.9. The highest BCUT2D eigenvalue weighted by molar-refractivity contribution is 7.80. The molecule has 0 spiro atoms. The van der Waals surface area contributed by atoms with Crippen molar-refractivity contribution in [1.29, 1.82) is 0 Å². The summed E-state index contributed by atoms with van der Waals surface area (Å²) in [5.41, 5.74) is 0. The van der Waals surface area contributed by atoms with E-state index in [1.54, 1.807) is 0 Å². The van der Waals surface area contributed by atoms with Crippen molar-refractivity contribution in [3.8, 4) is 0 Å². The van der Waals surface area contributed by atoms with Gasteiger partial charge in [-0.15, -0.1) is 0 Å². The van der Waals surface area contributed by atoms with Crippen LogP contribution in [0.1, 0.15) is 13.3 Å². The summed E-state index contributed by atoms with van der Waals surface area (Å²) in [7, 11) is -5.00. The Hall–Kier alpha value is -0.850. The molecule has 0 aromatic carbocycles. The average Bonchev–Trinajstić information content (AvgIpc) is 3.01. The number of ether oxygens (including phenoxy) is 7. The molecule has 0 radical (unpaired) electrons.